The van der Waals surface area contributed by atoms with Crippen LogP contribution in [0.4, 0.5) is 11.4 Å². The number of nitrogens with two attached hydrogens (primary N) is 1. The second-order valence-corrected chi connectivity index (χ2v) is 18.5. The van der Waals surface area contributed by atoms with Gasteiger partial charge in [0.05, 0.1) is 12.5 Å². The number of aliphatic hydroxyl groups excluding tert-OH is 1. The first-order chi connectivity index (χ1) is 27.5. The Morgan fingerprint density at radius 2 is 1.60 bits per heavy atom. The summed E-state index contributed by atoms with van der Waals surface area (Å²) >= 11 is 0. The largest absolute Gasteiger partial charge is 0.462 e. The normalized spacial score (nSPS) is 33.3. The molecule has 10 nitrogen and oxygen atoms in total. The van der Waals surface area contributed by atoms with Crippen molar-refractivity contribution in [2.24, 2.45) is 39.9 Å². The summed E-state index contributed by atoms with van der Waals surface area (Å²) in [4.78, 5) is 52.7. The molecule has 0 saturated heterocycles. The molecule has 0 aromatic heterocycles. The van der Waals surface area contributed by atoms with Gasteiger partial charge in [0.15, 0.2) is 0 Å². The molecule has 0 bridgehead atoms. The van der Waals surface area contributed by atoms with Crippen molar-refractivity contribution < 1.29 is 38.5 Å². The molecule has 1 amide bonds. The van der Waals surface area contributed by atoms with Crippen LogP contribution in [0, 0.1) is 39.9 Å². The van der Waals surface area contributed by atoms with E-state index in [2.05, 4.69) is 39.1 Å². The Bertz CT molecular complexity index is 1900. The molecular formula is C48H64N2O8. The zero-order chi connectivity index (χ0) is 42.0. The van der Waals surface area contributed by atoms with Crippen molar-refractivity contribution in [2.75, 3.05) is 11.1 Å². The predicted octanol–water partition coefficient (Wildman–Crippen LogP) is 8.88. The number of anilines is 2. The number of hydrogen-bond donors (Lipinski definition) is 3. The Kier molecular flexibility index (Phi) is 13.0. The van der Waals surface area contributed by atoms with Crippen LogP contribution in [0.3, 0.4) is 0 Å². The van der Waals surface area contributed by atoms with Crippen LogP contribution in [0.1, 0.15) is 118 Å². The van der Waals surface area contributed by atoms with E-state index in [1.54, 1.807) is 24.3 Å². The summed E-state index contributed by atoms with van der Waals surface area (Å²) in [5.74, 6) is -1.43. The molecular weight excluding hydrogens is 733 g/mol. The van der Waals surface area contributed by atoms with Crippen LogP contribution < -0.4 is 11.1 Å². The third kappa shape index (κ3) is 8.63. The topological polar surface area (TPSA) is 154 Å². The van der Waals surface area contributed by atoms with Crippen molar-refractivity contribution >= 4 is 35.2 Å². The summed E-state index contributed by atoms with van der Waals surface area (Å²) < 4.78 is 18.2. The molecule has 314 valence electrons. The maximum Gasteiger partial charge on any atom is 0.334 e. The van der Waals surface area contributed by atoms with Gasteiger partial charge < -0.3 is 30.4 Å². The number of carbonyl (C=O) groups excluding carboxylic acids is 4. The lowest BCUT2D eigenvalue weighted by molar-refractivity contribution is -0.236. The van der Waals surface area contributed by atoms with Crippen molar-refractivity contribution in [1.29, 1.82) is 0 Å². The van der Waals surface area contributed by atoms with E-state index in [9.17, 15) is 24.3 Å². The first-order valence-corrected chi connectivity index (χ1v) is 21.2. The van der Waals surface area contributed by atoms with Gasteiger partial charge in [-0.25, -0.2) is 4.79 Å². The number of ether oxygens (including phenoxy) is 3. The minimum atomic E-state index is -0.660. The molecule has 0 aliphatic heterocycles. The number of esters is 3. The van der Waals surface area contributed by atoms with E-state index in [4.69, 9.17) is 19.9 Å². The van der Waals surface area contributed by atoms with Gasteiger partial charge in [-0.2, -0.15) is 0 Å². The second-order valence-electron chi connectivity index (χ2n) is 18.5. The van der Waals surface area contributed by atoms with Gasteiger partial charge in [-0.15, -0.1) is 0 Å². The van der Waals surface area contributed by atoms with E-state index >= 15 is 0 Å². The Morgan fingerprint density at radius 1 is 0.897 bits per heavy atom. The SMILES string of the molecule is CC(=O)O[C@H]1C[C@@]2(C)[C@@H](C[C@@H](O)[C@H]3[C@@]4(C)CC[C@@H](OC(=O)CCC(=O)Nc5ccc(N)cc5)[C@@H](C)[C@@H]4CC[C@@]32C)/C1=C(\CCC=C(C)C)C(=O)OCc1ccccc1. The Labute approximate surface area is 344 Å². The average Bonchev–Trinajstić information content (AvgIpc) is 3.44. The molecule has 2 aromatic rings. The number of aliphatic hydroxyl groups is 1. The van der Waals surface area contributed by atoms with Gasteiger partial charge in [0.2, 0.25) is 5.91 Å². The minimum Gasteiger partial charge on any atom is -0.462 e. The number of amides is 1. The maximum atomic E-state index is 14.2. The number of carbonyl (C=O) groups is 4. The van der Waals surface area contributed by atoms with Gasteiger partial charge in [-0.05, 0) is 141 Å². The maximum absolute atomic E-state index is 14.2. The second kappa shape index (κ2) is 17.4. The van der Waals surface area contributed by atoms with Crippen LogP contribution in [0.25, 0.3) is 0 Å². The van der Waals surface area contributed by atoms with Gasteiger partial charge in [0.25, 0.3) is 0 Å². The Balaban J connectivity index is 1.22. The predicted molar refractivity (Wildman–Crippen MR) is 224 cm³/mol. The lowest BCUT2D eigenvalue weighted by Crippen LogP contribution is -2.65. The molecule has 4 N–H and O–H groups in total. The van der Waals surface area contributed by atoms with Crippen LogP contribution in [0.15, 0.2) is 77.4 Å². The molecule has 10 heteroatoms. The lowest BCUT2D eigenvalue weighted by Gasteiger charge is -2.69. The molecule has 0 radical (unpaired) electrons. The van der Waals surface area contributed by atoms with Crippen molar-refractivity contribution in [3.63, 3.8) is 0 Å². The number of rotatable bonds is 12. The first-order valence-electron chi connectivity index (χ1n) is 21.2. The van der Waals surface area contributed by atoms with E-state index in [0.29, 0.717) is 49.1 Å². The van der Waals surface area contributed by atoms with Crippen LogP contribution in [0.2, 0.25) is 0 Å². The van der Waals surface area contributed by atoms with E-state index in [1.165, 1.54) is 6.92 Å². The molecule has 4 aliphatic rings. The Morgan fingerprint density at radius 3 is 2.28 bits per heavy atom. The highest BCUT2D eigenvalue weighted by atomic mass is 16.5. The smallest absolute Gasteiger partial charge is 0.334 e. The number of fused-ring (bicyclic) bond motifs is 5. The van der Waals surface area contributed by atoms with E-state index < -0.39 is 24.1 Å². The van der Waals surface area contributed by atoms with Gasteiger partial charge in [0.1, 0.15) is 18.8 Å². The third-order valence-electron chi connectivity index (χ3n) is 14.8. The zero-order valence-corrected chi connectivity index (χ0v) is 35.5. The van der Waals surface area contributed by atoms with Crippen LogP contribution in [-0.2, 0) is 40.0 Å². The molecule has 0 heterocycles. The summed E-state index contributed by atoms with van der Waals surface area (Å²) in [6.07, 6.45) is 5.86. The number of nitrogen functional groups attached to an aromatic ring is 1. The molecule has 10 atom stereocenters. The van der Waals surface area contributed by atoms with Crippen LogP contribution >= 0.6 is 0 Å². The molecule has 4 saturated carbocycles. The van der Waals surface area contributed by atoms with Gasteiger partial charge in [0, 0.05) is 30.3 Å². The zero-order valence-electron chi connectivity index (χ0n) is 35.5. The van der Waals surface area contributed by atoms with Crippen LogP contribution in [0.5, 0.6) is 0 Å². The molecule has 4 fully saturated rings. The van der Waals surface area contributed by atoms with Crippen molar-refractivity contribution in [1.82, 2.24) is 0 Å². The number of allylic oxidation sites excluding steroid dienone is 2. The summed E-state index contributed by atoms with van der Waals surface area (Å²) in [6, 6.07) is 16.5. The Hall–Kier alpha value is -4.44. The van der Waals surface area contributed by atoms with Crippen molar-refractivity contribution in [3.05, 3.63) is 83.0 Å². The summed E-state index contributed by atoms with van der Waals surface area (Å²) in [6.45, 7) is 14.7. The van der Waals surface area contributed by atoms with Crippen molar-refractivity contribution in [2.45, 2.75) is 138 Å². The minimum absolute atomic E-state index is 0.0133. The lowest BCUT2D eigenvalue weighted by atomic mass is 9.36. The third-order valence-corrected chi connectivity index (χ3v) is 14.8. The highest BCUT2D eigenvalue weighted by Gasteiger charge is 2.71. The summed E-state index contributed by atoms with van der Waals surface area (Å²) in [5.41, 5.74) is 9.40. The number of nitrogens with one attached hydrogen (secondary N) is 1. The fraction of sp³-hybridized carbons (Fsp3) is 0.583. The van der Waals surface area contributed by atoms with E-state index in [1.807, 2.05) is 44.2 Å². The number of benzene rings is 2. The number of hydrogen-bond acceptors (Lipinski definition) is 9. The molecule has 58 heavy (non-hydrogen) atoms. The summed E-state index contributed by atoms with van der Waals surface area (Å²) in [5, 5.41) is 15.3. The monoisotopic (exact) mass is 796 g/mol. The molecule has 6 rings (SSSR count). The molecule has 4 aliphatic carbocycles. The van der Waals surface area contributed by atoms with Gasteiger partial charge >= 0.3 is 17.9 Å². The highest BCUT2D eigenvalue weighted by Crippen LogP contribution is 2.74. The molecule has 0 unspecified atom stereocenters. The average molecular weight is 797 g/mol. The summed E-state index contributed by atoms with van der Waals surface area (Å²) in [7, 11) is 0. The quantitative estimate of drug-likeness (QED) is 0.0628. The standard InChI is InChI=1S/C48H64N2O8/c1-29(2)12-11-15-35(45(55)56-28-32-13-9-8-10-14-32)43-37-26-38(52)44-46(5)24-23-39(58-42(54)21-20-41(53)50-34-18-16-33(49)17-19-34)30(3)36(46)22-25-47(44,6)48(37,7)27-40(43)57-31(4)51/h8-10,12-14,16-19,30,36-40,44,52H,11,15,20-28,49H2,1-7H3,(H,50,53)/b43-35-/t30-,36-,37-,38+,39+,40-,44-,46-,47-,48-/m0/s1. The first kappa shape index (κ1) is 43.1. The van der Waals surface area contributed by atoms with E-state index in [-0.39, 0.29) is 77.3 Å². The van der Waals surface area contributed by atoms with Crippen molar-refractivity contribution in [3.8, 4) is 0 Å². The highest BCUT2D eigenvalue weighted by molar-refractivity contribution is 5.92. The molecule has 0 spiro atoms. The van der Waals surface area contributed by atoms with Gasteiger partial charge in [-0.1, -0.05) is 69.7 Å². The molecule has 2 aromatic carbocycles. The van der Waals surface area contributed by atoms with E-state index in [0.717, 1.165) is 36.0 Å². The van der Waals surface area contributed by atoms with Gasteiger partial charge in [-0.3, -0.25) is 14.4 Å². The fourth-order valence-electron chi connectivity index (χ4n) is 12.0. The van der Waals surface area contributed by atoms with Crippen LogP contribution in [-0.4, -0.2) is 47.2 Å². The fourth-order valence-corrected chi connectivity index (χ4v) is 12.0.